The number of carbonyl (C=O) groups is 1. The van der Waals surface area contributed by atoms with E-state index in [4.69, 9.17) is 0 Å². The molecular formula is C11H11FO3S. The highest BCUT2D eigenvalue weighted by Gasteiger charge is 2.58. The summed E-state index contributed by atoms with van der Waals surface area (Å²) >= 11 is 0. The van der Waals surface area contributed by atoms with Crippen LogP contribution in [0.25, 0.3) is 0 Å². The number of ketones is 1. The highest BCUT2D eigenvalue weighted by molar-refractivity contribution is 7.94. The molecule has 1 saturated carbocycles. The van der Waals surface area contributed by atoms with E-state index in [0.29, 0.717) is 12.8 Å². The van der Waals surface area contributed by atoms with Crippen molar-refractivity contribution in [1.29, 1.82) is 0 Å². The minimum Gasteiger partial charge on any atom is -0.298 e. The van der Waals surface area contributed by atoms with Gasteiger partial charge in [0.05, 0.1) is 4.90 Å². The molecule has 0 spiro atoms. The summed E-state index contributed by atoms with van der Waals surface area (Å²) in [5, 5.41) is 0. The van der Waals surface area contributed by atoms with Crippen LogP contribution in [0, 0.1) is 5.82 Å². The molecule has 0 heterocycles. The molecule has 1 aliphatic carbocycles. The lowest BCUT2D eigenvalue weighted by Gasteiger charge is -2.12. The molecule has 1 aromatic rings. The molecule has 86 valence electrons. The lowest BCUT2D eigenvalue weighted by Crippen LogP contribution is -2.30. The summed E-state index contributed by atoms with van der Waals surface area (Å²) in [6.45, 7) is 1.29. The van der Waals surface area contributed by atoms with Gasteiger partial charge in [0.1, 0.15) is 10.6 Å². The average molecular weight is 242 g/mol. The first-order valence-corrected chi connectivity index (χ1v) is 6.40. The maximum absolute atomic E-state index is 12.7. The Morgan fingerprint density at radius 2 is 1.75 bits per heavy atom. The molecular weight excluding hydrogens is 231 g/mol. The van der Waals surface area contributed by atoms with Crippen LogP contribution < -0.4 is 0 Å². The summed E-state index contributed by atoms with van der Waals surface area (Å²) in [6, 6.07) is 4.58. The van der Waals surface area contributed by atoms with Crippen LogP contribution in [-0.2, 0) is 14.6 Å². The van der Waals surface area contributed by atoms with Gasteiger partial charge in [-0.05, 0) is 44.0 Å². The van der Waals surface area contributed by atoms with Gasteiger partial charge in [-0.15, -0.1) is 0 Å². The van der Waals surface area contributed by atoms with Gasteiger partial charge in [0.2, 0.25) is 0 Å². The van der Waals surface area contributed by atoms with Crippen LogP contribution in [0.4, 0.5) is 4.39 Å². The second-order valence-electron chi connectivity index (χ2n) is 4.01. The van der Waals surface area contributed by atoms with E-state index in [1.54, 1.807) is 0 Å². The number of carbonyl (C=O) groups excluding carboxylic acids is 1. The van der Waals surface area contributed by atoms with Crippen molar-refractivity contribution >= 4 is 15.6 Å². The summed E-state index contributed by atoms with van der Waals surface area (Å²) in [5.41, 5.74) is 0. The SMILES string of the molecule is CC(=O)C1(S(=O)(=O)c2ccc(F)cc2)CC1. The zero-order valence-electron chi connectivity index (χ0n) is 8.73. The zero-order chi connectivity index (χ0) is 12.0. The second kappa shape index (κ2) is 3.38. The third-order valence-electron chi connectivity index (χ3n) is 2.98. The lowest BCUT2D eigenvalue weighted by molar-refractivity contribution is -0.117. The summed E-state index contributed by atoms with van der Waals surface area (Å²) in [7, 11) is -3.66. The molecule has 2 rings (SSSR count). The molecule has 0 radical (unpaired) electrons. The average Bonchev–Trinajstić information content (AvgIpc) is 2.98. The summed E-state index contributed by atoms with van der Waals surface area (Å²) in [5.74, 6) is -0.830. The Bertz CT molecular complexity index is 527. The Balaban J connectivity index is 2.48. The topological polar surface area (TPSA) is 51.2 Å². The number of hydrogen-bond acceptors (Lipinski definition) is 3. The second-order valence-corrected chi connectivity index (χ2v) is 6.27. The van der Waals surface area contributed by atoms with Crippen molar-refractivity contribution in [2.24, 2.45) is 0 Å². The quantitative estimate of drug-likeness (QED) is 0.758. The number of Topliss-reactive ketones (excluding diaryl/α,β-unsaturated/α-hetero) is 1. The van der Waals surface area contributed by atoms with E-state index in [2.05, 4.69) is 0 Å². The van der Waals surface area contributed by atoms with Gasteiger partial charge in [-0.1, -0.05) is 0 Å². The maximum atomic E-state index is 12.7. The van der Waals surface area contributed by atoms with Gasteiger partial charge >= 0.3 is 0 Å². The van der Waals surface area contributed by atoms with Crippen LogP contribution in [0.5, 0.6) is 0 Å². The van der Waals surface area contributed by atoms with Crippen molar-refractivity contribution in [2.45, 2.75) is 29.4 Å². The number of rotatable bonds is 3. The van der Waals surface area contributed by atoms with Crippen LogP contribution in [-0.4, -0.2) is 18.9 Å². The molecule has 1 aromatic carbocycles. The Hall–Kier alpha value is -1.23. The first-order chi connectivity index (χ1) is 7.40. The first kappa shape index (κ1) is 11.3. The van der Waals surface area contributed by atoms with Gasteiger partial charge in [0.25, 0.3) is 0 Å². The zero-order valence-corrected chi connectivity index (χ0v) is 9.55. The molecule has 0 atom stereocenters. The fourth-order valence-electron chi connectivity index (χ4n) is 1.76. The highest BCUT2D eigenvalue weighted by atomic mass is 32.2. The van der Waals surface area contributed by atoms with Crippen molar-refractivity contribution in [3.63, 3.8) is 0 Å². The van der Waals surface area contributed by atoms with Crippen LogP contribution in [0.2, 0.25) is 0 Å². The van der Waals surface area contributed by atoms with Gasteiger partial charge in [-0.2, -0.15) is 0 Å². The number of hydrogen-bond donors (Lipinski definition) is 0. The van der Waals surface area contributed by atoms with Crippen molar-refractivity contribution < 1.29 is 17.6 Å². The van der Waals surface area contributed by atoms with Crippen LogP contribution in [0.15, 0.2) is 29.2 Å². The van der Waals surface area contributed by atoms with E-state index in [0.717, 1.165) is 12.1 Å². The Labute approximate surface area is 93.2 Å². The maximum Gasteiger partial charge on any atom is 0.191 e. The predicted molar refractivity (Wildman–Crippen MR) is 56.2 cm³/mol. The number of halogens is 1. The molecule has 0 amide bonds. The van der Waals surface area contributed by atoms with Gasteiger partial charge in [0.15, 0.2) is 15.6 Å². The molecule has 3 nitrogen and oxygen atoms in total. The number of benzene rings is 1. The van der Waals surface area contributed by atoms with Gasteiger partial charge in [-0.25, -0.2) is 12.8 Å². The minimum atomic E-state index is -3.66. The van der Waals surface area contributed by atoms with Crippen molar-refractivity contribution in [1.82, 2.24) is 0 Å². The van der Waals surface area contributed by atoms with Gasteiger partial charge < -0.3 is 0 Å². The van der Waals surface area contributed by atoms with E-state index in [-0.39, 0.29) is 10.7 Å². The summed E-state index contributed by atoms with van der Waals surface area (Å²) in [4.78, 5) is 11.4. The van der Waals surface area contributed by atoms with E-state index >= 15 is 0 Å². The van der Waals surface area contributed by atoms with Crippen molar-refractivity contribution in [3.8, 4) is 0 Å². The summed E-state index contributed by atoms with van der Waals surface area (Å²) in [6.07, 6.45) is 0.726. The lowest BCUT2D eigenvalue weighted by atomic mass is 10.3. The molecule has 5 heteroatoms. The highest BCUT2D eigenvalue weighted by Crippen LogP contribution is 2.47. The fourth-order valence-corrected chi connectivity index (χ4v) is 3.73. The van der Waals surface area contributed by atoms with Gasteiger partial charge in [-0.3, -0.25) is 4.79 Å². The molecule has 1 aliphatic rings. The fraction of sp³-hybridized carbons (Fsp3) is 0.364. The van der Waals surface area contributed by atoms with E-state index in [9.17, 15) is 17.6 Å². The monoisotopic (exact) mass is 242 g/mol. The third kappa shape index (κ3) is 1.46. The van der Waals surface area contributed by atoms with Crippen LogP contribution in [0.3, 0.4) is 0 Å². The first-order valence-electron chi connectivity index (χ1n) is 4.91. The van der Waals surface area contributed by atoms with Gasteiger partial charge in [0, 0.05) is 0 Å². The third-order valence-corrected chi connectivity index (χ3v) is 5.60. The molecule has 0 saturated heterocycles. The Kier molecular flexibility index (Phi) is 2.38. The Morgan fingerprint density at radius 3 is 2.12 bits per heavy atom. The summed E-state index contributed by atoms with van der Waals surface area (Å²) < 4.78 is 35.7. The molecule has 1 fully saturated rings. The largest absolute Gasteiger partial charge is 0.298 e. The minimum absolute atomic E-state index is 0.0154. The standard InChI is InChI=1S/C11H11FO3S/c1-8(13)11(6-7-11)16(14,15)10-4-2-9(12)3-5-10/h2-5H,6-7H2,1H3. The molecule has 0 unspecified atom stereocenters. The smallest absolute Gasteiger partial charge is 0.191 e. The molecule has 0 aliphatic heterocycles. The molecule has 16 heavy (non-hydrogen) atoms. The Morgan fingerprint density at radius 1 is 1.25 bits per heavy atom. The molecule has 0 bridgehead atoms. The van der Waals surface area contributed by atoms with Crippen molar-refractivity contribution in [2.75, 3.05) is 0 Å². The predicted octanol–water partition coefficient (Wildman–Crippen LogP) is 1.72. The normalized spacial score (nSPS) is 18.1. The van der Waals surface area contributed by atoms with E-state index in [1.165, 1.54) is 19.1 Å². The van der Waals surface area contributed by atoms with E-state index in [1.807, 2.05) is 0 Å². The molecule has 0 N–H and O–H groups in total. The van der Waals surface area contributed by atoms with E-state index < -0.39 is 20.4 Å². The van der Waals surface area contributed by atoms with Crippen molar-refractivity contribution in [3.05, 3.63) is 30.1 Å². The number of sulfone groups is 1. The van der Waals surface area contributed by atoms with Crippen LogP contribution in [0.1, 0.15) is 19.8 Å². The van der Waals surface area contributed by atoms with Crippen LogP contribution >= 0.6 is 0 Å². The molecule has 0 aromatic heterocycles.